The number of benzene rings is 2. The molecule has 2 fully saturated rings. The molecule has 2 atom stereocenters. The van der Waals surface area contributed by atoms with Crippen LogP contribution in [0.4, 0.5) is 17.6 Å². The number of sulfonamides is 1. The number of hydrogen-bond acceptors (Lipinski definition) is 5. The number of nitrogens with one attached hydrogen (secondary N) is 2. The Balaban J connectivity index is 1.40. The first-order chi connectivity index (χ1) is 15.6. The highest BCUT2D eigenvalue weighted by Crippen LogP contribution is 2.31. The van der Waals surface area contributed by atoms with Crippen molar-refractivity contribution >= 4 is 15.9 Å². The molecule has 0 spiro atoms. The zero-order valence-corrected chi connectivity index (χ0v) is 18.2. The predicted molar refractivity (Wildman–Crippen MR) is 111 cm³/mol. The minimum Gasteiger partial charge on any atom is -0.340 e. The summed E-state index contributed by atoms with van der Waals surface area (Å²) in [6, 6.07) is 8.86. The van der Waals surface area contributed by atoms with Crippen LogP contribution in [0.1, 0.15) is 17.2 Å². The number of rotatable bonds is 4. The maximum Gasteiger partial charge on any atom is 0.416 e. The molecule has 2 unspecified atom stereocenters. The van der Waals surface area contributed by atoms with Gasteiger partial charge in [-0.2, -0.15) is 17.5 Å². The SMILES string of the molecule is O=C(C1CNNC1c1ccc(F)cc1)N1CCN(S(=O)(=O)c2ccc(C(F)(F)F)cc2)CC1. The molecule has 0 radical (unpaired) electrons. The maximum atomic E-state index is 13.2. The second-order valence-corrected chi connectivity index (χ2v) is 9.85. The lowest BCUT2D eigenvalue weighted by molar-refractivity contribution is -0.138. The third-order valence-corrected chi connectivity index (χ3v) is 7.81. The summed E-state index contributed by atoms with van der Waals surface area (Å²) in [4.78, 5) is 14.5. The number of hydrazine groups is 1. The van der Waals surface area contributed by atoms with Crippen molar-refractivity contribution < 1.29 is 30.8 Å². The Morgan fingerprint density at radius 2 is 1.55 bits per heavy atom. The number of piperazine rings is 1. The maximum absolute atomic E-state index is 13.2. The fourth-order valence-electron chi connectivity index (χ4n) is 4.06. The molecule has 0 aromatic heterocycles. The topological polar surface area (TPSA) is 81.8 Å². The van der Waals surface area contributed by atoms with E-state index >= 15 is 0 Å². The zero-order chi connectivity index (χ0) is 23.8. The van der Waals surface area contributed by atoms with Crippen molar-refractivity contribution in [2.75, 3.05) is 32.7 Å². The molecule has 33 heavy (non-hydrogen) atoms. The molecule has 12 heteroatoms. The van der Waals surface area contributed by atoms with Crippen LogP contribution in [0.15, 0.2) is 53.4 Å². The monoisotopic (exact) mass is 486 g/mol. The second-order valence-electron chi connectivity index (χ2n) is 7.91. The summed E-state index contributed by atoms with van der Waals surface area (Å²) < 4.78 is 78.3. The van der Waals surface area contributed by atoms with E-state index in [9.17, 15) is 30.8 Å². The molecule has 0 aliphatic carbocycles. The predicted octanol–water partition coefficient (Wildman–Crippen LogP) is 2.14. The van der Waals surface area contributed by atoms with Crippen LogP contribution in [0, 0.1) is 11.7 Å². The molecule has 2 saturated heterocycles. The van der Waals surface area contributed by atoms with E-state index in [2.05, 4.69) is 10.9 Å². The Morgan fingerprint density at radius 3 is 2.12 bits per heavy atom. The normalized spacial score (nSPS) is 22.5. The van der Waals surface area contributed by atoms with Crippen LogP contribution in [0.5, 0.6) is 0 Å². The smallest absolute Gasteiger partial charge is 0.340 e. The third kappa shape index (κ3) is 4.88. The average Bonchev–Trinajstić information content (AvgIpc) is 3.28. The molecule has 2 aliphatic heterocycles. The van der Waals surface area contributed by atoms with Gasteiger partial charge < -0.3 is 4.90 Å². The summed E-state index contributed by atoms with van der Waals surface area (Å²) in [5.74, 6) is -0.986. The quantitative estimate of drug-likeness (QED) is 0.648. The highest BCUT2D eigenvalue weighted by molar-refractivity contribution is 7.89. The summed E-state index contributed by atoms with van der Waals surface area (Å²) in [5, 5.41) is 0. The first kappa shape index (κ1) is 23.6. The van der Waals surface area contributed by atoms with Crippen molar-refractivity contribution in [1.29, 1.82) is 0 Å². The van der Waals surface area contributed by atoms with E-state index in [0.29, 0.717) is 6.54 Å². The van der Waals surface area contributed by atoms with Crippen LogP contribution in [0.2, 0.25) is 0 Å². The van der Waals surface area contributed by atoms with Gasteiger partial charge >= 0.3 is 6.18 Å². The Hall–Kier alpha value is -2.54. The molecule has 2 N–H and O–H groups in total. The summed E-state index contributed by atoms with van der Waals surface area (Å²) in [5.41, 5.74) is 5.80. The highest BCUT2D eigenvalue weighted by atomic mass is 32.2. The summed E-state index contributed by atoms with van der Waals surface area (Å²) >= 11 is 0. The summed E-state index contributed by atoms with van der Waals surface area (Å²) in [7, 11) is -3.98. The van der Waals surface area contributed by atoms with Crippen LogP contribution >= 0.6 is 0 Å². The number of carbonyl (C=O) groups is 1. The van der Waals surface area contributed by atoms with Crippen molar-refractivity contribution in [3.63, 3.8) is 0 Å². The van der Waals surface area contributed by atoms with E-state index in [0.717, 1.165) is 29.8 Å². The fraction of sp³-hybridized carbons (Fsp3) is 0.381. The van der Waals surface area contributed by atoms with Gasteiger partial charge in [-0.25, -0.2) is 18.2 Å². The van der Waals surface area contributed by atoms with Gasteiger partial charge in [-0.05, 0) is 42.0 Å². The molecular formula is C21H22F4N4O3S. The van der Waals surface area contributed by atoms with E-state index in [1.807, 2.05) is 0 Å². The number of hydrogen-bond donors (Lipinski definition) is 2. The van der Waals surface area contributed by atoms with E-state index < -0.39 is 27.7 Å². The molecule has 0 saturated carbocycles. The van der Waals surface area contributed by atoms with Gasteiger partial charge in [0.05, 0.1) is 22.4 Å². The highest BCUT2D eigenvalue weighted by Gasteiger charge is 2.39. The van der Waals surface area contributed by atoms with Crippen LogP contribution in [0.25, 0.3) is 0 Å². The van der Waals surface area contributed by atoms with Gasteiger partial charge in [0.1, 0.15) is 5.82 Å². The molecule has 1 amide bonds. The molecule has 2 aliphatic rings. The van der Waals surface area contributed by atoms with Gasteiger partial charge in [-0.1, -0.05) is 12.1 Å². The lowest BCUT2D eigenvalue weighted by Gasteiger charge is -2.36. The van der Waals surface area contributed by atoms with E-state index in [4.69, 9.17) is 0 Å². The van der Waals surface area contributed by atoms with Crippen molar-refractivity contribution in [1.82, 2.24) is 20.1 Å². The van der Waals surface area contributed by atoms with Gasteiger partial charge in [-0.15, -0.1) is 0 Å². The molecule has 2 heterocycles. The number of carbonyl (C=O) groups excluding carboxylic acids is 1. The number of nitrogens with zero attached hydrogens (tertiary/aromatic N) is 2. The molecule has 2 aromatic carbocycles. The van der Waals surface area contributed by atoms with Gasteiger partial charge in [0.25, 0.3) is 0 Å². The first-order valence-corrected chi connectivity index (χ1v) is 11.7. The second kappa shape index (κ2) is 9.01. The zero-order valence-electron chi connectivity index (χ0n) is 17.3. The number of halogens is 4. The lowest BCUT2D eigenvalue weighted by Crippen LogP contribution is -2.52. The minimum atomic E-state index is -4.55. The summed E-state index contributed by atoms with van der Waals surface area (Å²) in [6.45, 7) is 0.745. The minimum absolute atomic E-state index is 0.0316. The van der Waals surface area contributed by atoms with Crippen LogP contribution < -0.4 is 10.9 Å². The van der Waals surface area contributed by atoms with Crippen LogP contribution in [-0.4, -0.2) is 56.3 Å². The number of amides is 1. The van der Waals surface area contributed by atoms with E-state index in [1.165, 1.54) is 16.4 Å². The molecule has 2 aromatic rings. The molecule has 0 bridgehead atoms. The van der Waals surface area contributed by atoms with Crippen LogP contribution in [0.3, 0.4) is 0 Å². The Kier molecular flexibility index (Phi) is 6.45. The molecule has 4 rings (SSSR count). The van der Waals surface area contributed by atoms with E-state index in [-0.39, 0.29) is 48.8 Å². The largest absolute Gasteiger partial charge is 0.416 e. The van der Waals surface area contributed by atoms with Gasteiger partial charge in [0, 0.05) is 32.7 Å². The standard InChI is InChI=1S/C21H22F4N4O3S/c22-16-5-1-14(2-6-16)19-18(13-26-27-19)20(30)28-9-11-29(12-10-28)33(31,32)17-7-3-15(4-8-17)21(23,24)25/h1-8,18-19,26-27H,9-13H2. The van der Waals surface area contributed by atoms with Gasteiger partial charge in [-0.3, -0.25) is 10.2 Å². The molecule has 178 valence electrons. The third-order valence-electron chi connectivity index (χ3n) is 5.90. The van der Waals surface area contributed by atoms with Gasteiger partial charge in [0.2, 0.25) is 15.9 Å². The lowest BCUT2D eigenvalue weighted by atomic mass is 9.93. The average molecular weight is 486 g/mol. The first-order valence-electron chi connectivity index (χ1n) is 10.3. The fourth-order valence-corrected chi connectivity index (χ4v) is 5.48. The molecule has 7 nitrogen and oxygen atoms in total. The number of alkyl halides is 3. The van der Waals surface area contributed by atoms with Crippen molar-refractivity contribution in [2.24, 2.45) is 5.92 Å². The Labute approximate surface area is 188 Å². The van der Waals surface area contributed by atoms with Gasteiger partial charge in [0.15, 0.2) is 0 Å². The van der Waals surface area contributed by atoms with Crippen LogP contribution in [-0.2, 0) is 21.0 Å². The van der Waals surface area contributed by atoms with Crippen molar-refractivity contribution in [3.05, 3.63) is 65.5 Å². The Morgan fingerprint density at radius 1 is 0.939 bits per heavy atom. The van der Waals surface area contributed by atoms with Crippen molar-refractivity contribution in [2.45, 2.75) is 17.1 Å². The Bertz CT molecular complexity index is 1100. The summed E-state index contributed by atoms with van der Waals surface area (Å²) in [6.07, 6.45) is -4.55. The van der Waals surface area contributed by atoms with Crippen molar-refractivity contribution in [3.8, 4) is 0 Å². The van der Waals surface area contributed by atoms with E-state index in [1.54, 1.807) is 17.0 Å². The molecular weight excluding hydrogens is 464 g/mol.